The van der Waals surface area contributed by atoms with Crippen LogP contribution in [0.1, 0.15) is 23.8 Å². The van der Waals surface area contributed by atoms with E-state index in [1.807, 2.05) is 0 Å². The van der Waals surface area contributed by atoms with E-state index >= 15 is 0 Å². The van der Waals surface area contributed by atoms with Gasteiger partial charge in [-0.1, -0.05) is 0 Å². The second-order valence-corrected chi connectivity index (χ2v) is 7.00. The van der Waals surface area contributed by atoms with Crippen LogP contribution < -0.4 is 5.73 Å². The highest BCUT2D eigenvalue weighted by molar-refractivity contribution is 9.13. The van der Waals surface area contributed by atoms with Crippen molar-refractivity contribution in [1.29, 1.82) is 0 Å². The van der Waals surface area contributed by atoms with Gasteiger partial charge in [0.05, 0.1) is 3.79 Å². The maximum Gasteiger partial charge on any atom is 0.0843 e. The first-order valence-electron chi connectivity index (χ1n) is 4.96. The van der Waals surface area contributed by atoms with Crippen LogP contribution in [0, 0.1) is 5.92 Å². The lowest BCUT2D eigenvalue weighted by Gasteiger charge is -2.26. The summed E-state index contributed by atoms with van der Waals surface area (Å²) in [6.07, 6.45) is 2.16. The van der Waals surface area contributed by atoms with Gasteiger partial charge in [0.2, 0.25) is 0 Å². The monoisotopic (exact) mass is 353 g/mol. The molecule has 0 spiro atoms. The fraction of sp³-hybridized carbons (Fsp3) is 0.600. The van der Waals surface area contributed by atoms with Crippen LogP contribution in [0.2, 0.25) is 0 Å². The first kappa shape index (κ1) is 12.0. The predicted molar refractivity (Wildman–Crippen MR) is 70.2 cm³/mol. The summed E-state index contributed by atoms with van der Waals surface area (Å²) in [4.78, 5) is 1.25. The Balaban J connectivity index is 2.08. The number of thiophene rings is 1. The van der Waals surface area contributed by atoms with Crippen molar-refractivity contribution >= 4 is 43.2 Å². The Hall–Kier alpha value is 0.580. The fourth-order valence-electron chi connectivity index (χ4n) is 1.83. The third-order valence-corrected chi connectivity index (χ3v) is 6.12. The Labute approximate surface area is 110 Å². The minimum absolute atomic E-state index is 0.154. The van der Waals surface area contributed by atoms with E-state index in [9.17, 15) is 0 Å². The Morgan fingerprint density at radius 3 is 2.60 bits per heavy atom. The van der Waals surface area contributed by atoms with Gasteiger partial charge in [-0.05, 0) is 56.7 Å². The van der Waals surface area contributed by atoms with Crippen LogP contribution in [0.4, 0.5) is 0 Å². The number of hydrogen-bond acceptors (Lipinski definition) is 3. The largest absolute Gasteiger partial charge is 0.381 e. The maximum atomic E-state index is 6.27. The molecule has 1 fully saturated rings. The molecule has 0 radical (unpaired) electrons. The molecule has 0 unspecified atom stereocenters. The third kappa shape index (κ3) is 2.82. The van der Waals surface area contributed by atoms with E-state index in [0.717, 1.165) is 34.3 Å². The van der Waals surface area contributed by atoms with E-state index in [4.69, 9.17) is 10.5 Å². The number of nitrogens with two attached hydrogens (primary N) is 1. The minimum atomic E-state index is 0.154. The highest BCUT2D eigenvalue weighted by atomic mass is 79.9. The molecule has 1 aromatic heterocycles. The van der Waals surface area contributed by atoms with E-state index in [1.165, 1.54) is 4.88 Å². The molecule has 0 amide bonds. The first-order chi connectivity index (χ1) is 7.18. The average molecular weight is 355 g/mol. The van der Waals surface area contributed by atoms with Crippen LogP contribution in [0.25, 0.3) is 0 Å². The van der Waals surface area contributed by atoms with Crippen LogP contribution >= 0.6 is 43.2 Å². The predicted octanol–water partition coefficient (Wildman–Crippen LogP) is 3.70. The summed E-state index contributed by atoms with van der Waals surface area (Å²) in [5, 5.41) is 0. The topological polar surface area (TPSA) is 35.2 Å². The molecule has 2 rings (SSSR count). The Morgan fingerprint density at radius 1 is 1.40 bits per heavy atom. The molecule has 0 saturated carbocycles. The van der Waals surface area contributed by atoms with Gasteiger partial charge in [0.1, 0.15) is 0 Å². The molecule has 1 atom stereocenters. The van der Waals surface area contributed by atoms with Crippen molar-refractivity contribution < 1.29 is 4.74 Å². The average Bonchev–Trinajstić information content (AvgIpc) is 2.59. The van der Waals surface area contributed by atoms with Gasteiger partial charge in [-0.25, -0.2) is 0 Å². The first-order valence-corrected chi connectivity index (χ1v) is 7.37. The van der Waals surface area contributed by atoms with Crippen molar-refractivity contribution in [1.82, 2.24) is 0 Å². The second kappa shape index (κ2) is 5.27. The highest BCUT2D eigenvalue weighted by Gasteiger charge is 2.24. The van der Waals surface area contributed by atoms with E-state index in [-0.39, 0.29) is 6.04 Å². The number of hydrogen-bond donors (Lipinski definition) is 1. The zero-order valence-electron chi connectivity index (χ0n) is 8.21. The lowest BCUT2D eigenvalue weighted by atomic mass is 9.91. The number of ether oxygens (including phenoxy) is 1. The van der Waals surface area contributed by atoms with E-state index in [1.54, 1.807) is 11.3 Å². The van der Waals surface area contributed by atoms with Gasteiger partial charge >= 0.3 is 0 Å². The van der Waals surface area contributed by atoms with Crippen LogP contribution in [0.5, 0.6) is 0 Å². The standard InChI is InChI=1S/C10H13Br2NOS/c11-7-5-8(15-10(7)12)9(13)6-1-3-14-4-2-6/h5-6,9H,1-4,13H2/t9-/m0/s1. The highest BCUT2D eigenvalue weighted by Crippen LogP contribution is 2.38. The van der Waals surface area contributed by atoms with Crippen molar-refractivity contribution in [2.45, 2.75) is 18.9 Å². The van der Waals surface area contributed by atoms with Crippen molar-refractivity contribution in [2.75, 3.05) is 13.2 Å². The molecule has 1 aliphatic rings. The van der Waals surface area contributed by atoms with Gasteiger partial charge in [0.25, 0.3) is 0 Å². The molecule has 0 bridgehead atoms. The van der Waals surface area contributed by atoms with Crippen LogP contribution in [-0.4, -0.2) is 13.2 Å². The molecule has 5 heteroatoms. The maximum absolute atomic E-state index is 6.27. The quantitative estimate of drug-likeness (QED) is 0.878. The van der Waals surface area contributed by atoms with Gasteiger partial charge in [-0.15, -0.1) is 11.3 Å². The van der Waals surface area contributed by atoms with E-state index in [0.29, 0.717) is 5.92 Å². The summed E-state index contributed by atoms with van der Waals surface area (Å²) >= 11 is 8.71. The van der Waals surface area contributed by atoms with Gasteiger partial charge in [0, 0.05) is 28.6 Å². The molecule has 0 aromatic carbocycles. The van der Waals surface area contributed by atoms with Gasteiger partial charge in [0.15, 0.2) is 0 Å². The SMILES string of the molecule is N[C@H](c1cc(Br)c(Br)s1)C1CCOCC1. The molecule has 1 saturated heterocycles. The van der Waals surface area contributed by atoms with Gasteiger partial charge in [-0.3, -0.25) is 0 Å². The van der Waals surface area contributed by atoms with Gasteiger partial charge < -0.3 is 10.5 Å². The third-order valence-electron chi connectivity index (χ3n) is 2.77. The summed E-state index contributed by atoms with van der Waals surface area (Å²) in [7, 11) is 0. The molecule has 84 valence electrons. The molecule has 2 N–H and O–H groups in total. The van der Waals surface area contributed by atoms with Gasteiger partial charge in [-0.2, -0.15) is 0 Å². The van der Waals surface area contributed by atoms with E-state index < -0.39 is 0 Å². The molecule has 1 aromatic rings. The summed E-state index contributed by atoms with van der Waals surface area (Å²) in [5.74, 6) is 0.566. The van der Waals surface area contributed by atoms with Crippen LogP contribution in [0.15, 0.2) is 14.3 Å². The Bertz CT molecular complexity index is 317. The number of rotatable bonds is 2. The molecule has 2 heterocycles. The molecule has 2 nitrogen and oxygen atoms in total. The lowest BCUT2D eigenvalue weighted by molar-refractivity contribution is 0.0587. The molecule has 1 aliphatic heterocycles. The molecular weight excluding hydrogens is 342 g/mol. The molecular formula is C10H13Br2NOS. The smallest absolute Gasteiger partial charge is 0.0843 e. The minimum Gasteiger partial charge on any atom is -0.381 e. The molecule has 0 aliphatic carbocycles. The fourth-order valence-corrected chi connectivity index (χ4v) is 4.02. The van der Waals surface area contributed by atoms with E-state index in [2.05, 4.69) is 37.9 Å². The summed E-state index contributed by atoms with van der Waals surface area (Å²) in [6.45, 7) is 1.71. The van der Waals surface area contributed by atoms with Crippen molar-refractivity contribution in [3.05, 3.63) is 19.2 Å². The van der Waals surface area contributed by atoms with Crippen molar-refractivity contribution in [3.8, 4) is 0 Å². The summed E-state index contributed by atoms with van der Waals surface area (Å²) in [6, 6.07) is 2.27. The lowest BCUT2D eigenvalue weighted by Crippen LogP contribution is -2.26. The zero-order valence-corrected chi connectivity index (χ0v) is 12.2. The zero-order chi connectivity index (χ0) is 10.8. The summed E-state index contributed by atoms with van der Waals surface area (Å²) in [5.41, 5.74) is 6.27. The Morgan fingerprint density at radius 2 is 2.07 bits per heavy atom. The Kier molecular flexibility index (Phi) is 4.24. The second-order valence-electron chi connectivity index (χ2n) is 3.75. The normalized spacial score (nSPS) is 20.5. The van der Waals surface area contributed by atoms with Crippen molar-refractivity contribution in [3.63, 3.8) is 0 Å². The van der Waals surface area contributed by atoms with Crippen molar-refractivity contribution in [2.24, 2.45) is 11.7 Å². The van der Waals surface area contributed by atoms with Crippen LogP contribution in [0.3, 0.4) is 0 Å². The molecule has 15 heavy (non-hydrogen) atoms. The number of halogens is 2. The summed E-state index contributed by atoms with van der Waals surface area (Å²) < 4.78 is 7.57. The van der Waals surface area contributed by atoms with Crippen LogP contribution in [-0.2, 0) is 4.74 Å².